The summed E-state index contributed by atoms with van der Waals surface area (Å²) in [5.74, 6) is 0.461. The number of hydrogen-bond donors (Lipinski definition) is 2. The van der Waals surface area contributed by atoms with Crippen molar-refractivity contribution in [3.63, 3.8) is 0 Å². The summed E-state index contributed by atoms with van der Waals surface area (Å²) in [6, 6.07) is 7.28. The molecule has 0 radical (unpaired) electrons. The van der Waals surface area contributed by atoms with E-state index in [0.29, 0.717) is 24.3 Å². The third kappa shape index (κ3) is 2.97. The molecular weight excluding hydrogens is 216 g/mol. The van der Waals surface area contributed by atoms with Crippen molar-refractivity contribution >= 4 is 11.6 Å². The Morgan fingerprint density at radius 2 is 1.94 bits per heavy atom. The molecule has 0 atom stereocenters. The lowest BCUT2D eigenvalue weighted by Gasteiger charge is -2.25. The van der Waals surface area contributed by atoms with Crippen LogP contribution in [0.2, 0.25) is 0 Å². The molecule has 1 aromatic carbocycles. The number of nitrogens with two attached hydrogens (primary N) is 1. The molecule has 4 heteroatoms. The van der Waals surface area contributed by atoms with E-state index in [1.54, 1.807) is 19.2 Å². The van der Waals surface area contributed by atoms with Gasteiger partial charge in [0.25, 0.3) is 0 Å². The zero-order chi connectivity index (χ0) is 12.9. The van der Waals surface area contributed by atoms with Gasteiger partial charge >= 0.3 is 0 Å². The summed E-state index contributed by atoms with van der Waals surface area (Å²) in [6.07, 6.45) is 1.20. The summed E-state index contributed by atoms with van der Waals surface area (Å²) in [4.78, 5) is 12.1. The van der Waals surface area contributed by atoms with Crippen molar-refractivity contribution in [3.8, 4) is 5.75 Å². The lowest BCUT2D eigenvalue weighted by molar-refractivity contribution is -0.121. The van der Waals surface area contributed by atoms with E-state index in [0.717, 1.165) is 0 Å². The van der Waals surface area contributed by atoms with Crippen molar-refractivity contribution in [2.24, 2.45) is 5.73 Å². The van der Waals surface area contributed by atoms with Gasteiger partial charge in [-0.25, -0.2) is 0 Å². The Morgan fingerprint density at radius 1 is 1.35 bits per heavy atom. The largest absolute Gasteiger partial charge is 0.495 e. The Balaban J connectivity index is 2.87. The van der Waals surface area contributed by atoms with Crippen LogP contribution in [0.25, 0.3) is 0 Å². The minimum Gasteiger partial charge on any atom is -0.495 e. The van der Waals surface area contributed by atoms with Gasteiger partial charge in [-0.1, -0.05) is 26.0 Å². The number of carbonyl (C=O) groups excluding carboxylic acids is 1. The molecule has 0 heterocycles. The van der Waals surface area contributed by atoms with Crippen LogP contribution in [0.1, 0.15) is 26.7 Å². The van der Waals surface area contributed by atoms with E-state index in [1.165, 1.54) is 0 Å². The first kappa shape index (κ1) is 13.5. The van der Waals surface area contributed by atoms with Crippen LogP contribution >= 0.6 is 0 Å². The molecule has 1 aromatic rings. The first-order valence-corrected chi connectivity index (χ1v) is 5.80. The van der Waals surface area contributed by atoms with Crippen molar-refractivity contribution in [2.45, 2.75) is 32.2 Å². The number of anilines is 1. The number of methoxy groups -OCH3 is 1. The maximum atomic E-state index is 12.1. The average molecular weight is 236 g/mol. The maximum Gasteiger partial charge on any atom is 0.244 e. The Kier molecular flexibility index (Phi) is 4.52. The second kappa shape index (κ2) is 5.68. The van der Waals surface area contributed by atoms with Crippen LogP contribution in [0.3, 0.4) is 0 Å². The number of benzene rings is 1. The van der Waals surface area contributed by atoms with Crippen molar-refractivity contribution in [2.75, 3.05) is 12.4 Å². The summed E-state index contributed by atoms with van der Waals surface area (Å²) in [7, 11) is 1.57. The average Bonchev–Trinajstić information content (AvgIpc) is 2.38. The van der Waals surface area contributed by atoms with Gasteiger partial charge in [-0.2, -0.15) is 0 Å². The van der Waals surface area contributed by atoms with Crippen LogP contribution in [0.15, 0.2) is 24.3 Å². The molecular formula is C13H20N2O2. The highest BCUT2D eigenvalue weighted by Crippen LogP contribution is 2.24. The topological polar surface area (TPSA) is 64.4 Å². The Labute approximate surface area is 102 Å². The minimum atomic E-state index is -0.819. The fourth-order valence-corrected chi connectivity index (χ4v) is 1.57. The maximum absolute atomic E-state index is 12.1. The molecule has 1 amide bonds. The second-order valence-corrected chi connectivity index (χ2v) is 4.02. The molecule has 4 nitrogen and oxygen atoms in total. The fourth-order valence-electron chi connectivity index (χ4n) is 1.57. The Hall–Kier alpha value is -1.55. The lowest BCUT2D eigenvalue weighted by Crippen LogP contribution is -2.50. The zero-order valence-corrected chi connectivity index (χ0v) is 10.6. The van der Waals surface area contributed by atoms with Crippen molar-refractivity contribution in [1.82, 2.24) is 0 Å². The highest BCUT2D eigenvalue weighted by molar-refractivity contribution is 5.98. The zero-order valence-electron chi connectivity index (χ0n) is 10.6. The minimum absolute atomic E-state index is 0.174. The molecule has 17 heavy (non-hydrogen) atoms. The number of amides is 1. The molecule has 0 aliphatic rings. The van der Waals surface area contributed by atoms with E-state index in [9.17, 15) is 4.79 Å². The Bertz CT molecular complexity index is 387. The van der Waals surface area contributed by atoms with Gasteiger partial charge in [0.05, 0.1) is 18.3 Å². The number of carbonyl (C=O) groups is 1. The van der Waals surface area contributed by atoms with Crippen LogP contribution in [0.5, 0.6) is 5.75 Å². The van der Waals surface area contributed by atoms with Gasteiger partial charge < -0.3 is 15.8 Å². The highest BCUT2D eigenvalue weighted by atomic mass is 16.5. The summed E-state index contributed by atoms with van der Waals surface area (Å²) in [6.45, 7) is 3.82. The number of para-hydroxylation sites is 2. The number of nitrogens with one attached hydrogen (secondary N) is 1. The van der Waals surface area contributed by atoms with Crippen LogP contribution in [-0.2, 0) is 4.79 Å². The summed E-state index contributed by atoms with van der Waals surface area (Å²) >= 11 is 0. The number of rotatable bonds is 5. The molecule has 0 saturated carbocycles. The predicted octanol–water partition coefficient (Wildman–Crippen LogP) is 2.15. The molecule has 0 unspecified atom stereocenters. The number of ether oxygens (including phenoxy) is 1. The molecule has 0 fully saturated rings. The van der Waals surface area contributed by atoms with Gasteiger partial charge in [0.15, 0.2) is 0 Å². The molecule has 0 aliphatic carbocycles. The van der Waals surface area contributed by atoms with E-state index in [2.05, 4.69) is 5.32 Å². The molecule has 0 aliphatic heterocycles. The van der Waals surface area contributed by atoms with Gasteiger partial charge in [-0.3, -0.25) is 4.79 Å². The fraction of sp³-hybridized carbons (Fsp3) is 0.462. The van der Waals surface area contributed by atoms with Gasteiger partial charge in [-0.05, 0) is 25.0 Å². The summed E-state index contributed by atoms with van der Waals surface area (Å²) in [5, 5.41) is 2.81. The van der Waals surface area contributed by atoms with Gasteiger partial charge in [0, 0.05) is 0 Å². The standard InChI is InChI=1S/C13H20N2O2/c1-4-13(14,5-2)12(16)15-10-8-6-7-9-11(10)17-3/h6-9H,4-5,14H2,1-3H3,(H,15,16). The molecule has 0 bridgehead atoms. The van der Waals surface area contributed by atoms with Crippen LogP contribution < -0.4 is 15.8 Å². The highest BCUT2D eigenvalue weighted by Gasteiger charge is 2.30. The summed E-state index contributed by atoms with van der Waals surface area (Å²) < 4.78 is 5.17. The monoisotopic (exact) mass is 236 g/mol. The summed E-state index contributed by atoms with van der Waals surface area (Å²) in [5.41, 5.74) is 5.86. The van der Waals surface area contributed by atoms with E-state index in [-0.39, 0.29) is 5.91 Å². The van der Waals surface area contributed by atoms with Crippen molar-refractivity contribution in [3.05, 3.63) is 24.3 Å². The normalized spacial score (nSPS) is 11.1. The van der Waals surface area contributed by atoms with Crippen LogP contribution in [0.4, 0.5) is 5.69 Å². The van der Waals surface area contributed by atoms with Gasteiger partial charge in [0.2, 0.25) is 5.91 Å². The van der Waals surface area contributed by atoms with Gasteiger partial charge in [0.1, 0.15) is 5.75 Å². The third-order valence-electron chi connectivity index (χ3n) is 3.07. The van der Waals surface area contributed by atoms with Crippen molar-refractivity contribution < 1.29 is 9.53 Å². The van der Waals surface area contributed by atoms with Gasteiger partial charge in [-0.15, -0.1) is 0 Å². The third-order valence-corrected chi connectivity index (χ3v) is 3.07. The van der Waals surface area contributed by atoms with E-state index >= 15 is 0 Å². The van der Waals surface area contributed by atoms with Crippen LogP contribution in [0, 0.1) is 0 Å². The first-order chi connectivity index (χ1) is 8.07. The van der Waals surface area contributed by atoms with Crippen molar-refractivity contribution in [1.29, 1.82) is 0 Å². The molecule has 0 spiro atoms. The van der Waals surface area contributed by atoms with E-state index in [4.69, 9.17) is 10.5 Å². The lowest BCUT2D eigenvalue weighted by atomic mass is 9.93. The predicted molar refractivity (Wildman–Crippen MR) is 69.1 cm³/mol. The van der Waals surface area contributed by atoms with E-state index in [1.807, 2.05) is 26.0 Å². The molecule has 94 valence electrons. The van der Waals surface area contributed by atoms with Crippen LogP contribution in [-0.4, -0.2) is 18.6 Å². The Morgan fingerprint density at radius 3 is 2.47 bits per heavy atom. The molecule has 1 rings (SSSR count). The first-order valence-electron chi connectivity index (χ1n) is 5.80. The van der Waals surface area contributed by atoms with E-state index < -0.39 is 5.54 Å². The second-order valence-electron chi connectivity index (χ2n) is 4.02. The molecule has 0 saturated heterocycles. The molecule has 0 aromatic heterocycles. The molecule has 3 N–H and O–H groups in total. The quantitative estimate of drug-likeness (QED) is 0.823. The smallest absolute Gasteiger partial charge is 0.244 e. The number of hydrogen-bond acceptors (Lipinski definition) is 3. The SMILES string of the molecule is CCC(N)(CC)C(=O)Nc1ccccc1OC.